The maximum atomic E-state index is 12.7. The topological polar surface area (TPSA) is 84.2 Å². The lowest BCUT2D eigenvalue weighted by atomic mass is 9.71. The van der Waals surface area contributed by atoms with Crippen molar-refractivity contribution in [2.45, 2.75) is 45.4 Å². The zero-order valence-electron chi connectivity index (χ0n) is 16.9. The highest BCUT2D eigenvalue weighted by atomic mass is 35.5. The van der Waals surface area contributed by atoms with E-state index in [1.165, 1.54) is 6.42 Å². The third-order valence-electron chi connectivity index (χ3n) is 5.69. The average Bonchev–Trinajstić information content (AvgIpc) is 2.71. The molecule has 2 aromatic rings. The highest BCUT2D eigenvalue weighted by Gasteiger charge is 2.33. The summed E-state index contributed by atoms with van der Waals surface area (Å²) >= 11 is 0. The quantitative estimate of drug-likeness (QED) is 0.626. The molecule has 0 radical (unpaired) electrons. The molecule has 6 heteroatoms. The molecule has 2 amide bonds. The van der Waals surface area contributed by atoms with Crippen molar-refractivity contribution < 1.29 is 9.59 Å². The van der Waals surface area contributed by atoms with Crippen molar-refractivity contribution in [3.8, 4) is 0 Å². The van der Waals surface area contributed by atoms with Crippen LogP contribution in [0.1, 0.15) is 54.4 Å². The number of aryl methyl sites for hydroxylation is 1. The average molecular weight is 416 g/mol. The first-order valence-corrected chi connectivity index (χ1v) is 9.98. The number of anilines is 2. The van der Waals surface area contributed by atoms with E-state index < -0.39 is 0 Å². The van der Waals surface area contributed by atoms with E-state index in [9.17, 15) is 9.59 Å². The van der Waals surface area contributed by atoms with E-state index in [1.54, 1.807) is 12.1 Å². The number of halogens is 1. The predicted molar refractivity (Wildman–Crippen MR) is 121 cm³/mol. The second-order valence-electron chi connectivity index (χ2n) is 7.84. The molecule has 3 rings (SSSR count). The van der Waals surface area contributed by atoms with Gasteiger partial charge in [-0.1, -0.05) is 43.5 Å². The van der Waals surface area contributed by atoms with Gasteiger partial charge in [0.15, 0.2) is 0 Å². The van der Waals surface area contributed by atoms with Crippen molar-refractivity contribution in [2.24, 2.45) is 11.1 Å². The minimum absolute atomic E-state index is 0. The molecule has 0 heterocycles. The van der Waals surface area contributed by atoms with Crippen LogP contribution < -0.4 is 16.4 Å². The Balaban J connectivity index is 0.00000300. The van der Waals surface area contributed by atoms with Crippen LogP contribution in [0, 0.1) is 12.3 Å². The van der Waals surface area contributed by atoms with Crippen LogP contribution in [0.3, 0.4) is 0 Å². The summed E-state index contributed by atoms with van der Waals surface area (Å²) in [5.41, 5.74) is 8.87. The van der Waals surface area contributed by atoms with E-state index >= 15 is 0 Å². The Labute approximate surface area is 178 Å². The number of amides is 2. The van der Waals surface area contributed by atoms with Crippen molar-refractivity contribution >= 4 is 35.6 Å². The lowest BCUT2D eigenvalue weighted by Gasteiger charge is -2.35. The molecule has 156 valence electrons. The molecule has 1 saturated carbocycles. The first-order chi connectivity index (χ1) is 13.5. The minimum Gasteiger partial charge on any atom is -0.330 e. The maximum absolute atomic E-state index is 12.7. The monoisotopic (exact) mass is 415 g/mol. The molecule has 0 saturated heterocycles. The van der Waals surface area contributed by atoms with E-state index in [4.69, 9.17) is 5.73 Å². The van der Waals surface area contributed by atoms with E-state index in [2.05, 4.69) is 10.6 Å². The lowest BCUT2D eigenvalue weighted by molar-refractivity contribution is -0.118. The molecule has 1 fully saturated rings. The van der Waals surface area contributed by atoms with Gasteiger partial charge in [0.25, 0.3) is 5.91 Å². The third kappa shape index (κ3) is 6.05. The van der Waals surface area contributed by atoms with Crippen LogP contribution in [0.15, 0.2) is 48.5 Å². The Morgan fingerprint density at radius 1 is 1.00 bits per heavy atom. The molecule has 0 bridgehead atoms. The van der Waals surface area contributed by atoms with Crippen molar-refractivity contribution in [3.05, 3.63) is 59.7 Å². The molecule has 0 spiro atoms. The first kappa shape index (κ1) is 22.9. The van der Waals surface area contributed by atoms with Crippen LogP contribution >= 0.6 is 12.4 Å². The van der Waals surface area contributed by atoms with Gasteiger partial charge in [0, 0.05) is 23.4 Å². The van der Waals surface area contributed by atoms with Gasteiger partial charge in [0.1, 0.15) is 0 Å². The van der Waals surface area contributed by atoms with Crippen molar-refractivity contribution in [1.82, 2.24) is 0 Å². The lowest BCUT2D eigenvalue weighted by Crippen LogP contribution is -2.36. The highest BCUT2D eigenvalue weighted by molar-refractivity contribution is 6.04. The van der Waals surface area contributed by atoms with E-state index in [-0.39, 0.29) is 29.6 Å². The molecular formula is C23H30ClN3O2. The van der Waals surface area contributed by atoms with Gasteiger partial charge in [0.05, 0.1) is 0 Å². The molecule has 0 aliphatic heterocycles. The summed E-state index contributed by atoms with van der Waals surface area (Å²) in [6, 6.07) is 14.6. The van der Waals surface area contributed by atoms with E-state index in [0.29, 0.717) is 24.2 Å². The second-order valence-corrected chi connectivity index (χ2v) is 7.84. The van der Waals surface area contributed by atoms with Crippen LogP contribution in [-0.2, 0) is 4.79 Å². The summed E-state index contributed by atoms with van der Waals surface area (Å²) in [5.74, 6) is -0.187. The summed E-state index contributed by atoms with van der Waals surface area (Å²) < 4.78 is 0. The third-order valence-corrected chi connectivity index (χ3v) is 5.69. The molecule has 1 aliphatic rings. The summed E-state index contributed by atoms with van der Waals surface area (Å²) in [7, 11) is 0. The van der Waals surface area contributed by atoms with Gasteiger partial charge in [0.2, 0.25) is 5.91 Å². The molecule has 0 aromatic heterocycles. The number of rotatable bonds is 6. The van der Waals surface area contributed by atoms with Gasteiger partial charge >= 0.3 is 0 Å². The van der Waals surface area contributed by atoms with Gasteiger partial charge in [-0.15, -0.1) is 12.4 Å². The van der Waals surface area contributed by atoms with Crippen LogP contribution in [0.5, 0.6) is 0 Å². The molecule has 4 N–H and O–H groups in total. The molecular weight excluding hydrogens is 386 g/mol. The largest absolute Gasteiger partial charge is 0.330 e. The fraction of sp³-hybridized carbons (Fsp3) is 0.391. The number of nitrogens with one attached hydrogen (secondary N) is 2. The smallest absolute Gasteiger partial charge is 0.255 e. The molecule has 0 unspecified atom stereocenters. The van der Waals surface area contributed by atoms with Crippen LogP contribution in [0.25, 0.3) is 0 Å². The van der Waals surface area contributed by atoms with Crippen molar-refractivity contribution in [1.29, 1.82) is 0 Å². The SMILES string of the molecule is Cc1ccc(NC(=O)c2ccccc2)cc1NC(=O)CC1(CN)CCCCC1.Cl. The van der Waals surface area contributed by atoms with Crippen LogP contribution in [-0.4, -0.2) is 18.4 Å². The number of hydrogen-bond donors (Lipinski definition) is 3. The maximum Gasteiger partial charge on any atom is 0.255 e. The Hall–Kier alpha value is -2.37. The molecule has 0 atom stereocenters. The molecule has 29 heavy (non-hydrogen) atoms. The number of benzene rings is 2. The normalized spacial score (nSPS) is 15.1. The van der Waals surface area contributed by atoms with E-state index in [1.807, 2.05) is 43.3 Å². The van der Waals surface area contributed by atoms with Gasteiger partial charge < -0.3 is 16.4 Å². The summed E-state index contributed by atoms with van der Waals surface area (Å²) in [6.45, 7) is 2.49. The van der Waals surface area contributed by atoms with Gasteiger partial charge in [-0.25, -0.2) is 0 Å². The fourth-order valence-electron chi connectivity index (χ4n) is 3.92. The predicted octanol–water partition coefficient (Wildman–Crippen LogP) is 4.91. The molecule has 1 aliphatic carbocycles. The Bertz CT molecular complexity index is 833. The van der Waals surface area contributed by atoms with E-state index in [0.717, 1.165) is 36.9 Å². The van der Waals surface area contributed by atoms with Crippen LogP contribution in [0.2, 0.25) is 0 Å². The van der Waals surface area contributed by atoms with Crippen molar-refractivity contribution in [2.75, 3.05) is 17.2 Å². The van der Waals surface area contributed by atoms with Gasteiger partial charge in [-0.3, -0.25) is 9.59 Å². The number of hydrogen-bond acceptors (Lipinski definition) is 3. The minimum atomic E-state index is -0.175. The highest BCUT2D eigenvalue weighted by Crippen LogP contribution is 2.38. The molecule has 2 aromatic carbocycles. The first-order valence-electron chi connectivity index (χ1n) is 9.98. The molecule has 5 nitrogen and oxygen atoms in total. The second kappa shape index (κ2) is 10.4. The number of carbonyl (C=O) groups is 2. The Morgan fingerprint density at radius 2 is 1.69 bits per heavy atom. The summed E-state index contributed by atoms with van der Waals surface area (Å²) in [5, 5.41) is 5.91. The number of carbonyl (C=O) groups excluding carboxylic acids is 2. The number of nitrogens with two attached hydrogens (primary N) is 1. The standard InChI is InChI=1S/C23H29N3O2.ClH/c1-17-10-11-19(25-22(28)18-8-4-2-5-9-18)14-20(17)26-21(27)15-23(16-24)12-6-3-7-13-23;/h2,4-5,8-11,14H,3,6-7,12-13,15-16,24H2,1H3,(H,25,28)(H,26,27);1H. The van der Waals surface area contributed by atoms with Crippen molar-refractivity contribution in [3.63, 3.8) is 0 Å². The fourth-order valence-corrected chi connectivity index (χ4v) is 3.92. The zero-order chi connectivity index (χ0) is 20.0. The summed E-state index contributed by atoms with van der Waals surface area (Å²) in [4.78, 5) is 25.1. The Morgan fingerprint density at radius 3 is 2.34 bits per heavy atom. The van der Waals surface area contributed by atoms with Gasteiger partial charge in [-0.2, -0.15) is 0 Å². The van der Waals surface area contributed by atoms with Crippen LogP contribution in [0.4, 0.5) is 11.4 Å². The summed E-state index contributed by atoms with van der Waals surface area (Å²) in [6.07, 6.45) is 6.00. The zero-order valence-corrected chi connectivity index (χ0v) is 17.7. The Kier molecular flexibility index (Phi) is 8.23. The van der Waals surface area contributed by atoms with Gasteiger partial charge in [-0.05, 0) is 61.6 Å².